The summed E-state index contributed by atoms with van der Waals surface area (Å²) in [6.45, 7) is 4.22. The van der Waals surface area contributed by atoms with Crippen LogP contribution in [0.15, 0.2) is 12.4 Å². The first-order chi connectivity index (χ1) is 7.65. The Morgan fingerprint density at radius 3 is 2.56 bits per heavy atom. The minimum Gasteiger partial charge on any atom is -0.388 e. The van der Waals surface area contributed by atoms with Crippen LogP contribution in [0.4, 0.5) is 5.82 Å². The largest absolute Gasteiger partial charge is 0.388 e. The lowest BCUT2D eigenvalue weighted by atomic mass is 9.98. The Labute approximate surface area is 95.2 Å². The molecule has 0 spiro atoms. The average molecular weight is 220 g/mol. The molecular weight excluding hydrogens is 204 g/mol. The van der Waals surface area contributed by atoms with E-state index in [9.17, 15) is 5.11 Å². The first kappa shape index (κ1) is 12.4. The normalized spacial score (nSPS) is 10.9. The van der Waals surface area contributed by atoms with Gasteiger partial charge in [0.1, 0.15) is 6.07 Å². The summed E-state index contributed by atoms with van der Waals surface area (Å²) in [4.78, 5) is 7.90. The van der Waals surface area contributed by atoms with Crippen LogP contribution in [0.3, 0.4) is 0 Å². The molecule has 1 aromatic rings. The average Bonchev–Trinajstić information content (AvgIpc) is 2.36. The number of aliphatic hydroxyl groups is 1. The topological polar surface area (TPSA) is 81.8 Å². The Morgan fingerprint density at radius 2 is 2.00 bits per heavy atom. The lowest BCUT2D eigenvalue weighted by Crippen LogP contribution is -2.35. The molecule has 0 radical (unpaired) electrons. The van der Waals surface area contributed by atoms with Crippen LogP contribution in [0, 0.1) is 11.3 Å². The van der Waals surface area contributed by atoms with E-state index in [-0.39, 0.29) is 5.69 Å². The van der Waals surface area contributed by atoms with Crippen molar-refractivity contribution in [2.45, 2.75) is 32.3 Å². The summed E-state index contributed by atoms with van der Waals surface area (Å²) < 4.78 is 0. The predicted octanol–water partition coefficient (Wildman–Crippen LogP) is 1.31. The highest BCUT2D eigenvalue weighted by atomic mass is 16.3. The van der Waals surface area contributed by atoms with Crippen LogP contribution in [0.2, 0.25) is 0 Å². The maximum atomic E-state index is 10.1. The van der Waals surface area contributed by atoms with Crippen molar-refractivity contribution in [1.29, 1.82) is 5.26 Å². The van der Waals surface area contributed by atoms with Gasteiger partial charge in [0.25, 0.3) is 0 Å². The molecule has 0 atom stereocenters. The van der Waals surface area contributed by atoms with Crippen molar-refractivity contribution in [2.24, 2.45) is 0 Å². The molecule has 1 heterocycles. The number of aromatic nitrogens is 2. The van der Waals surface area contributed by atoms with E-state index >= 15 is 0 Å². The van der Waals surface area contributed by atoms with E-state index < -0.39 is 5.60 Å². The SMILES string of the molecule is CCC(O)(CC)CNc1nccnc1C#N. The zero-order valence-electron chi connectivity index (χ0n) is 9.56. The van der Waals surface area contributed by atoms with Gasteiger partial charge in [-0.2, -0.15) is 5.26 Å². The molecule has 5 nitrogen and oxygen atoms in total. The molecule has 0 saturated heterocycles. The summed E-state index contributed by atoms with van der Waals surface area (Å²) in [5.41, 5.74) is -0.512. The minimum atomic E-state index is -0.760. The highest BCUT2D eigenvalue weighted by molar-refractivity contribution is 5.46. The Bertz CT molecular complexity index is 382. The molecule has 1 aromatic heterocycles. The molecule has 1 rings (SSSR count). The van der Waals surface area contributed by atoms with Crippen LogP contribution < -0.4 is 5.32 Å². The maximum Gasteiger partial charge on any atom is 0.182 e. The van der Waals surface area contributed by atoms with Gasteiger partial charge in [0.2, 0.25) is 0 Å². The Balaban J connectivity index is 2.72. The summed E-state index contributed by atoms with van der Waals surface area (Å²) in [5.74, 6) is 0.422. The number of nitriles is 1. The van der Waals surface area contributed by atoms with Gasteiger partial charge in [-0.05, 0) is 12.8 Å². The molecule has 0 bridgehead atoms. The summed E-state index contributed by atoms with van der Waals surface area (Å²) in [5, 5.41) is 21.8. The second-order valence-corrected chi connectivity index (χ2v) is 3.65. The second kappa shape index (κ2) is 5.42. The van der Waals surface area contributed by atoms with Gasteiger partial charge >= 0.3 is 0 Å². The smallest absolute Gasteiger partial charge is 0.182 e. The van der Waals surface area contributed by atoms with E-state index in [1.807, 2.05) is 19.9 Å². The standard InChI is InChI=1S/C11H16N4O/c1-3-11(16,4-2)8-15-10-9(7-12)13-5-6-14-10/h5-6,16H,3-4,8H2,1-2H3,(H,14,15). The molecule has 0 saturated carbocycles. The van der Waals surface area contributed by atoms with Crippen LogP contribution in [-0.4, -0.2) is 27.2 Å². The molecule has 0 aliphatic rings. The first-order valence-corrected chi connectivity index (χ1v) is 5.32. The molecule has 86 valence electrons. The summed E-state index contributed by atoms with van der Waals surface area (Å²) in [7, 11) is 0. The third-order valence-corrected chi connectivity index (χ3v) is 2.71. The Kier molecular flexibility index (Phi) is 4.20. The molecule has 5 heteroatoms. The van der Waals surface area contributed by atoms with Gasteiger partial charge in [0.05, 0.1) is 5.60 Å². The zero-order valence-corrected chi connectivity index (χ0v) is 9.56. The van der Waals surface area contributed by atoms with E-state index in [2.05, 4.69) is 15.3 Å². The van der Waals surface area contributed by atoms with Crippen molar-refractivity contribution in [3.8, 4) is 6.07 Å². The summed E-state index contributed by atoms with van der Waals surface area (Å²) in [6, 6.07) is 1.95. The summed E-state index contributed by atoms with van der Waals surface area (Å²) >= 11 is 0. The van der Waals surface area contributed by atoms with Crippen molar-refractivity contribution in [3.63, 3.8) is 0 Å². The van der Waals surface area contributed by atoms with E-state index in [0.29, 0.717) is 25.2 Å². The molecule has 0 aliphatic heterocycles. The molecule has 0 fully saturated rings. The second-order valence-electron chi connectivity index (χ2n) is 3.65. The Morgan fingerprint density at radius 1 is 1.38 bits per heavy atom. The van der Waals surface area contributed by atoms with Crippen LogP contribution in [0.5, 0.6) is 0 Å². The number of hydrogen-bond donors (Lipinski definition) is 2. The lowest BCUT2D eigenvalue weighted by Gasteiger charge is -2.25. The van der Waals surface area contributed by atoms with Crippen molar-refractivity contribution in [1.82, 2.24) is 9.97 Å². The van der Waals surface area contributed by atoms with Gasteiger partial charge in [0, 0.05) is 18.9 Å². The van der Waals surface area contributed by atoms with E-state index in [1.165, 1.54) is 12.4 Å². The van der Waals surface area contributed by atoms with Gasteiger partial charge in [-0.15, -0.1) is 0 Å². The third-order valence-electron chi connectivity index (χ3n) is 2.71. The fraction of sp³-hybridized carbons (Fsp3) is 0.545. The van der Waals surface area contributed by atoms with Crippen molar-refractivity contribution in [2.75, 3.05) is 11.9 Å². The third kappa shape index (κ3) is 2.91. The quantitative estimate of drug-likeness (QED) is 0.781. The monoisotopic (exact) mass is 220 g/mol. The van der Waals surface area contributed by atoms with Crippen molar-refractivity contribution in [3.05, 3.63) is 18.1 Å². The number of hydrogen-bond acceptors (Lipinski definition) is 5. The van der Waals surface area contributed by atoms with Crippen LogP contribution >= 0.6 is 0 Å². The summed E-state index contributed by atoms with van der Waals surface area (Å²) in [6.07, 6.45) is 4.28. The number of anilines is 1. The van der Waals surface area contributed by atoms with Gasteiger partial charge in [0.15, 0.2) is 11.5 Å². The van der Waals surface area contributed by atoms with E-state index in [4.69, 9.17) is 5.26 Å². The van der Waals surface area contributed by atoms with Gasteiger partial charge in [-0.1, -0.05) is 13.8 Å². The molecular formula is C11H16N4O. The van der Waals surface area contributed by atoms with Crippen molar-refractivity contribution < 1.29 is 5.11 Å². The number of nitrogens with zero attached hydrogens (tertiary/aromatic N) is 3. The first-order valence-electron chi connectivity index (χ1n) is 5.32. The highest BCUT2D eigenvalue weighted by Gasteiger charge is 2.22. The zero-order chi connectivity index (χ0) is 12.0. The molecule has 0 aromatic carbocycles. The van der Waals surface area contributed by atoms with Gasteiger partial charge < -0.3 is 10.4 Å². The lowest BCUT2D eigenvalue weighted by molar-refractivity contribution is 0.0456. The predicted molar refractivity (Wildman–Crippen MR) is 60.8 cm³/mol. The minimum absolute atomic E-state index is 0.247. The van der Waals surface area contributed by atoms with Crippen LogP contribution in [0.1, 0.15) is 32.4 Å². The highest BCUT2D eigenvalue weighted by Crippen LogP contribution is 2.16. The molecule has 0 unspecified atom stereocenters. The fourth-order valence-corrected chi connectivity index (χ4v) is 1.30. The van der Waals surface area contributed by atoms with Crippen LogP contribution in [-0.2, 0) is 0 Å². The van der Waals surface area contributed by atoms with E-state index in [1.54, 1.807) is 0 Å². The van der Waals surface area contributed by atoms with E-state index in [0.717, 1.165) is 0 Å². The molecule has 0 amide bonds. The van der Waals surface area contributed by atoms with Gasteiger partial charge in [-0.3, -0.25) is 0 Å². The Hall–Kier alpha value is -1.67. The fourth-order valence-electron chi connectivity index (χ4n) is 1.30. The maximum absolute atomic E-state index is 10.1. The van der Waals surface area contributed by atoms with Gasteiger partial charge in [-0.25, -0.2) is 9.97 Å². The van der Waals surface area contributed by atoms with Crippen LogP contribution in [0.25, 0.3) is 0 Å². The van der Waals surface area contributed by atoms with Crippen molar-refractivity contribution >= 4 is 5.82 Å². The number of rotatable bonds is 5. The number of nitrogens with one attached hydrogen (secondary N) is 1. The molecule has 0 aliphatic carbocycles. The molecule has 16 heavy (non-hydrogen) atoms. The molecule has 2 N–H and O–H groups in total.